The lowest BCUT2D eigenvalue weighted by atomic mass is 10.1. The molecule has 22 heavy (non-hydrogen) atoms. The van der Waals surface area contributed by atoms with Crippen molar-refractivity contribution in [2.24, 2.45) is 0 Å². The second kappa shape index (κ2) is 6.10. The summed E-state index contributed by atoms with van der Waals surface area (Å²) < 4.78 is 5.22. The molecule has 1 N–H and O–H groups in total. The quantitative estimate of drug-likeness (QED) is 0.939. The Labute approximate surface area is 127 Å². The molecule has 1 heterocycles. The Bertz CT molecular complexity index is 792. The van der Waals surface area contributed by atoms with E-state index in [0.717, 1.165) is 11.1 Å². The van der Waals surface area contributed by atoms with E-state index in [1.54, 1.807) is 24.3 Å². The molecule has 0 radical (unpaired) electrons. The van der Waals surface area contributed by atoms with Crippen molar-refractivity contribution in [3.8, 4) is 17.3 Å². The zero-order valence-corrected chi connectivity index (χ0v) is 11.7. The molecule has 0 atom stereocenters. The molecule has 108 valence electrons. The van der Waals surface area contributed by atoms with Gasteiger partial charge in [0.05, 0.1) is 18.2 Å². The van der Waals surface area contributed by atoms with Crippen molar-refractivity contribution in [3.05, 3.63) is 65.5 Å². The van der Waals surface area contributed by atoms with Crippen molar-refractivity contribution in [3.63, 3.8) is 0 Å². The zero-order chi connectivity index (χ0) is 15.4. The minimum absolute atomic E-state index is 0.0960. The molecule has 5 nitrogen and oxygen atoms in total. The van der Waals surface area contributed by atoms with Crippen LogP contribution in [0.1, 0.15) is 17.7 Å². The standard InChI is InChI=1S/C17H13N3O2/c18-10-12-5-7-13(8-6-12)16-9-15(22-20-16)11-19-17(21)14-3-1-2-4-14/h1-3,5-9H,4,11H2,(H,19,21). The summed E-state index contributed by atoms with van der Waals surface area (Å²) in [7, 11) is 0. The van der Waals surface area contributed by atoms with Crippen molar-refractivity contribution < 1.29 is 9.32 Å². The van der Waals surface area contributed by atoms with Crippen LogP contribution in [0.2, 0.25) is 0 Å². The molecule has 1 aromatic carbocycles. The number of carbonyl (C=O) groups is 1. The number of nitriles is 1. The number of nitrogens with zero attached hydrogens (tertiary/aromatic N) is 2. The first kappa shape index (κ1) is 13.8. The number of benzene rings is 1. The molecule has 3 rings (SSSR count). The molecule has 0 saturated heterocycles. The van der Waals surface area contributed by atoms with Gasteiger partial charge >= 0.3 is 0 Å². The fourth-order valence-corrected chi connectivity index (χ4v) is 2.14. The van der Waals surface area contributed by atoms with Crippen LogP contribution in [-0.4, -0.2) is 11.1 Å². The van der Waals surface area contributed by atoms with Gasteiger partial charge in [-0.15, -0.1) is 0 Å². The summed E-state index contributed by atoms with van der Waals surface area (Å²) >= 11 is 0. The Hall–Kier alpha value is -3.13. The first-order valence-corrected chi connectivity index (χ1v) is 6.86. The van der Waals surface area contributed by atoms with Gasteiger partial charge in [-0.05, 0) is 18.6 Å². The number of hydrogen-bond donors (Lipinski definition) is 1. The normalized spacial score (nSPS) is 12.8. The monoisotopic (exact) mass is 291 g/mol. The summed E-state index contributed by atoms with van der Waals surface area (Å²) in [5.41, 5.74) is 2.88. The minimum Gasteiger partial charge on any atom is -0.359 e. The fourth-order valence-electron chi connectivity index (χ4n) is 2.14. The first-order valence-electron chi connectivity index (χ1n) is 6.86. The number of nitrogens with one attached hydrogen (secondary N) is 1. The van der Waals surface area contributed by atoms with Crippen molar-refractivity contribution >= 4 is 5.91 Å². The number of amides is 1. The number of aromatic nitrogens is 1. The number of carbonyl (C=O) groups excluding carboxylic acids is 1. The molecule has 0 fully saturated rings. The zero-order valence-electron chi connectivity index (χ0n) is 11.7. The maximum atomic E-state index is 11.9. The predicted molar refractivity (Wildman–Crippen MR) is 80.3 cm³/mol. The second-order valence-corrected chi connectivity index (χ2v) is 4.87. The van der Waals surface area contributed by atoms with Gasteiger partial charge in [0.2, 0.25) is 5.91 Å². The topological polar surface area (TPSA) is 78.9 Å². The van der Waals surface area contributed by atoms with Gasteiger partial charge in [-0.3, -0.25) is 4.79 Å². The SMILES string of the molecule is N#Cc1ccc(-c2cc(CNC(=O)C3=CC=CC3)on2)cc1. The molecule has 1 aliphatic carbocycles. The van der Waals surface area contributed by atoms with E-state index >= 15 is 0 Å². The average molecular weight is 291 g/mol. The fraction of sp³-hybridized carbons (Fsp3) is 0.118. The van der Waals surface area contributed by atoms with Crippen molar-refractivity contribution in [1.29, 1.82) is 5.26 Å². The van der Waals surface area contributed by atoms with Gasteiger partial charge in [-0.2, -0.15) is 5.26 Å². The van der Waals surface area contributed by atoms with E-state index in [2.05, 4.69) is 16.5 Å². The predicted octanol–water partition coefficient (Wildman–Crippen LogP) is 2.72. The van der Waals surface area contributed by atoms with E-state index in [1.165, 1.54) is 0 Å². The average Bonchev–Trinajstić information content (AvgIpc) is 3.24. The third-order valence-corrected chi connectivity index (χ3v) is 3.35. The van der Waals surface area contributed by atoms with E-state index in [1.807, 2.05) is 24.3 Å². The van der Waals surface area contributed by atoms with Crippen molar-refractivity contribution in [2.45, 2.75) is 13.0 Å². The summed E-state index contributed by atoms with van der Waals surface area (Å²) in [5.74, 6) is 0.487. The third kappa shape index (κ3) is 2.96. The Morgan fingerprint density at radius 3 is 2.86 bits per heavy atom. The van der Waals surface area contributed by atoms with E-state index in [0.29, 0.717) is 30.0 Å². The highest BCUT2D eigenvalue weighted by Gasteiger charge is 2.12. The highest BCUT2D eigenvalue weighted by Crippen LogP contribution is 2.19. The van der Waals surface area contributed by atoms with Crippen LogP contribution in [-0.2, 0) is 11.3 Å². The molecular formula is C17H13N3O2. The van der Waals surface area contributed by atoms with Crippen LogP contribution in [0.3, 0.4) is 0 Å². The van der Waals surface area contributed by atoms with Crippen LogP contribution >= 0.6 is 0 Å². The molecule has 2 aromatic rings. The first-order chi connectivity index (χ1) is 10.8. The van der Waals surface area contributed by atoms with E-state index in [4.69, 9.17) is 9.78 Å². The van der Waals surface area contributed by atoms with Gasteiger partial charge in [0, 0.05) is 17.2 Å². The number of allylic oxidation sites excluding steroid dienone is 3. The highest BCUT2D eigenvalue weighted by atomic mass is 16.5. The van der Waals surface area contributed by atoms with Crippen LogP contribution in [0.15, 0.2) is 58.7 Å². The van der Waals surface area contributed by atoms with Gasteiger partial charge in [0.15, 0.2) is 5.76 Å². The maximum absolute atomic E-state index is 11.9. The van der Waals surface area contributed by atoms with Crippen molar-refractivity contribution in [2.75, 3.05) is 0 Å². The summed E-state index contributed by atoms with van der Waals surface area (Å²) in [5, 5.41) is 15.6. The van der Waals surface area contributed by atoms with Crippen LogP contribution in [0, 0.1) is 11.3 Å². The Balaban J connectivity index is 1.63. The molecule has 1 aliphatic rings. The third-order valence-electron chi connectivity index (χ3n) is 3.35. The number of rotatable bonds is 4. The summed E-state index contributed by atoms with van der Waals surface area (Å²) in [4.78, 5) is 11.9. The van der Waals surface area contributed by atoms with Crippen molar-refractivity contribution in [1.82, 2.24) is 10.5 Å². The molecule has 0 saturated carbocycles. The van der Waals surface area contributed by atoms with Gasteiger partial charge in [-0.25, -0.2) is 0 Å². The molecular weight excluding hydrogens is 278 g/mol. The lowest BCUT2D eigenvalue weighted by molar-refractivity contribution is -0.117. The van der Waals surface area contributed by atoms with Crippen LogP contribution in [0.25, 0.3) is 11.3 Å². The summed E-state index contributed by atoms with van der Waals surface area (Å²) in [6.07, 6.45) is 6.27. The smallest absolute Gasteiger partial charge is 0.247 e. The highest BCUT2D eigenvalue weighted by molar-refractivity contribution is 5.94. The lowest BCUT2D eigenvalue weighted by Crippen LogP contribution is -2.23. The second-order valence-electron chi connectivity index (χ2n) is 4.87. The Morgan fingerprint density at radius 2 is 2.18 bits per heavy atom. The van der Waals surface area contributed by atoms with E-state index < -0.39 is 0 Å². The van der Waals surface area contributed by atoms with Gasteiger partial charge in [0.1, 0.15) is 5.69 Å². The van der Waals surface area contributed by atoms with E-state index in [-0.39, 0.29) is 5.91 Å². The Kier molecular flexibility index (Phi) is 3.84. The Morgan fingerprint density at radius 1 is 1.36 bits per heavy atom. The minimum atomic E-state index is -0.0960. The van der Waals surface area contributed by atoms with Crippen LogP contribution < -0.4 is 5.32 Å². The molecule has 0 spiro atoms. The van der Waals surface area contributed by atoms with Crippen LogP contribution in [0.5, 0.6) is 0 Å². The number of hydrogen-bond acceptors (Lipinski definition) is 4. The molecule has 5 heteroatoms. The van der Waals surface area contributed by atoms with Gasteiger partial charge in [-0.1, -0.05) is 35.5 Å². The van der Waals surface area contributed by atoms with E-state index in [9.17, 15) is 4.79 Å². The molecule has 0 bridgehead atoms. The molecule has 1 aromatic heterocycles. The van der Waals surface area contributed by atoms with Gasteiger partial charge in [0.25, 0.3) is 0 Å². The summed E-state index contributed by atoms with van der Waals surface area (Å²) in [6.45, 7) is 0.291. The largest absolute Gasteiger partial charge is 0.359 e. The maximum Gasteiger partial charge on any atom is 0.247 e. The summed E-state index contributed by atoms with van der Waals surface area (Å²) in [6, 6.07) is 10.9. The molecule has 1 amide bonds. The molecule has 0 unspecified atom stereocenters. The lowest BCUT2D eigenvalue weighted by Gasteiger charge is -2.02. The molecule has 0 aliphatic heterocycles. The van der Waals surface area contributed by atoms with Crippen LogP contribution in [0.4, 0.5) is 0 Å². The van der Waals surface area contributed by atoms with Gasteiger partial charge < -0.3 is 9.84 Å².